The molecule has 1 N–H and O–H groups in total. The SMILES string of the molecule is CN(CCCc1ccc(OC(C)(C)C(=O)COc2ccc(C(=O)O)cc2)cc1)C(C)(c1ccc(Cl)cc1)c1ccc(Cl)cc1. The first-order chi connectivity index (χ1) is 20.9. The number of hydrogen-bond acceptors (Lipinski definition) is 5. The van der Waals surface area contributed by atoms with Gasteiger partial charge in [0.25, 0.3) is 0 Å². The molecule has 0 aliphatic heterocycles. The predicted molar refractivity (Wildman–Crippen MR) is 175 cm³/mol. The number of carboxylic acid groups (broad SMARTS) is 1. The van der Waals surface area contributed by atoms with E-state index in [0.717, 1.165) is 30.5 Å². The maximum atomic E-state index is 12.8. The van der Waals surface area contributed by atoms with Crippen molar-refractivity contribution in [3.8, 4) is 11.5 Å². The molecule has 0 spiro atoms. The van der Waals surface area contributed by atoms with Crippen LogP contribution in [0, 0.1) is 0 Å². The molecule has 4 rings (SSSR count). The van der Waals surface area contributed by atoms with Crippen LogP contribution >= 0.6 is 23.2 Å². The second kappa shape index (κ2) is 14.3. The molecule has 0 saturated carbocycles. The third kappa shape index (κ3) is 8.20. The van der Waals surface area contributed by atoms with E-state index >= 15 is 0 Å². The number of halogens is 2. The molecule has 0 bridgehead atoms. The number of carbonyl (C=O) groups excluding carboxylic acids is 1. The van der Waals surface area contributed by atoms with E-state index in [-0.39, 0.29) is 23.5 Å². The van der Waals surface area contributed by atoms with Gasteiger partial charge in [-0.25, -0.2) is 4.79 Å². The second-order valence-electron chi connectivity index (χ2n) is 11.4. The van der Waals surface area contributed by atoms with Crippen molar-refractivity contribution >= 4 is 35.0 Å². The first kappa shape index (κ1) is 33.1. The quantitative estimate of drug-likeness (QED) is 0.150. The number of carbonyl (C=O) groups is 2. The van der Waals surface area contributed by atoms with Gasteiger partial charge in [0.05, 0.1) is 11.1 Å². The maximum absolute atomic E-state index is 12.8. The molecular weight excluding hydrogens is 597 g/mol. The Labute approximate surface area is 269 Å². The van der Waals surface area contributed by atoms with E-state index in [0.29, 0.717) is 21.5 Å². The lowest BCUT2D eigenvalue weighted by Gasteiger charge is -2.40. The highest BCUT2D eigenvalue weighted by atomic mass is 35.5. The number of aryl methyl sites for hydroxylation is 1. The molecule has 0 radical (unpaired) electrons. The molecule has 0 aliphatic rings. The van der Waals surface area contributed by atoms with E-state index < -0.39 is 11.6 Å². The Morgan fingerprint density at radius 3 is 1.75 bits per heavy atom. The fourth-order valence-corrected chi connectivity index (χ4v) is 5.24. The van der Waals surface area contributed by atoms with Crippen molar-refractivity contribution in [2.45, 2.75) is 44.8 Å². The van der Waals surface area contributed by atoms with Crippen molar-refractivity contribution in [3.63, 3.8) is 0 Å². The van der Waals surface area contributed by atoms with Crippen LogP contribution in [0.5, 0.6) is 11.5 Å². The summed E-state index contributed by atoms with van der Waals surface area (Å²) in [6.45, 7) is 6.27. The molecule has 0 atom stereocenters. The van der Waals surface area contributed by atoms with Gasteiger partial charge in [-0.3, -0.25) is 9.69 Å². The molecule has 230 valence electrons. The zero-order chi connectivity index (χ0) is 31.9. The zero-order valence-corrected chi connectivity index (χ0v) is 26.9. The molecule has 0 unspecified atom stereocenters. The Hall–Kier alpha value is -3.84. The minimum Gasteiger partial charge on any atom is -0.486 e. The van der Waals surface area contributed by atoms with Gasteiger partial charge in [-0.2, -0.15) is 0 Å². The highest BCUT2D eigenvalue weighted by molar-refractivity contribution is 6.30. The number of aromatic carboxylic acids is 1. The molecule has 0 aliphatic carbocycles. The van der Waals surface area contributed by atoms with Crippen LogP contribution in [0.2, 0.25) is 10.0 Å². The van der Waals surface area contributed by atoms with Crippen molar-refractivity contribution in [1.29, 1.82) is 0 Å². The van der Waals surface area contributed by atoms with Crippen LogP contribution in [-0.2, 0) is 16.8 Å². The molecule has 0 heterocycles. The topological polar surface area (TPSA) is 76.1 Å². The molecule has 0 aromatic heterocycles. The summed E-state index contributed by atoms with van der Waals surface area (Å²) < 4.78 is 11.6. The van der Waals surface area contributed by atoms with Gasteiger partial charge in [0.1, 0.15) is 11.5 Å². The lowest BCUT2D eigenvalue weighted by Crippen LogP contribution is -2.43. The van der Waals surface area contributed by atoms with E-state index in [9.17, 15) is 9.59 Å². The minimum atomic E-state index is -1.11. The van der Waals surface area contributed by atoms with Gasteiger partial charge in [0.2, 0.25) is 5.78 Å². The fourth-order valence-electron chi connectivity index (χ4n) is 4.99. The van der Waals surface area contributed by atoms with Crippen LogP contribution in [0.1, 0.15) is 54.2 Å². The van der Waals surface area contributed by atoms with Gasteiger partial charge in [-0.15, -0.1) is 0 Å². The number of ether oxygens (including phenoxy) is 2. The van der Waals surface area contributed by atoms with Crippen LogP contribution in [-0.4, -0.2) is 47.6 Å². The number of ketones is 1. The Bertz CT molecular complexity index is 1510. The number of benzene rings is 4. The third-order valence-electron chi connectivity index (χ3n) is 7.97. The Morgan fingerprint density at radius 1 is 0.750 bits per heavy atom. The van der Waals surface area contributed by atoms with E-state index in [1.54, 1.807) is 13.8 Å². The average Bonchev–Trinajstić information content (AvgIpc) is 3.01. The van der Waals surface area contributed by atoms with E-state index in [1.807, 2.05) is 48.5 Å². The molecule has 0 saturated heterocycles. The monoisotopic (exact) mass is 633 g/mol. The summed E-state index contributed by atoms with van der Waals surface area (Å²) in [5.74, 6) is -0.257. The number of carboxylic acids is 1. The molecule has 44 heavy (non-hydrogen) atoms. The summed E-state index contributed by atoms with van der Waals surface area (Å²) >= 11 is 12.4. The van der Waals surface area contributed by atoms with E-state index in [4.69, 9.17) is 37.8 Å². The maximum Gasteiger partial charge on any atom is 0.335 e. The van der Waals surface area contributed by atoms with Crippen LogP contribution in [0.15, 0.2) is 97.1 Å². The highest BCUT2D eigenvalue weighted by Gasteiger charge is 2.33. The van der Waals surface area contributed by atoms with Crippen molar-refractivity contribution in [1.82, 2.24) is 4.90 Å². The van der Waals surface area contributed by atoms with Crippen LogP contribution in [0.3, 0.4) is 0 Å². The largest absolute Gasteiger partial charge is 0.486 e. The van der Waals surface area contributed by atoms with Crippen LogP contribution in [0.4, 0.5) is 0 Å². The van der Waals surface area contributed by atoms with Gasteiger partial charge in [0, 0.05) is 10.0 Å². The molecular formula is C36H37Cl2NO5. The van der Waals surface area contributed by atoms with E-state index in [1.165, 1.54) is 29.8 Å². The van der Waals surface area contributed by atoms with Crippen LogP contribution in [0.25, 0.3) is 0 Å². The summed E-state index contributed by atoms with van der Waals surface area (Å²) in [6, 6.07) is 29.7. The van der Waals surface area contributed by atoms with Crippen molar-refractivity contribution in [2.75, 3.05) is 20.2 Å². The van der Waals surface area contributed by atoms with Crippen molar-refractivity contribution < 1.29 is 24.2 Å². The Morgan fingerprint density at radius 2 is 1.25 bits per heavy atom. The lowest BCUT2D eigenvalue weighted by molar-refractivity contribution is -0.134. The Balaban J connectivity index is 1.33. The zero-order valence-electron chi connectivity index (χ0n) is 25.3. The standard InChI is InChI=1S/C36H37Cl2NO5/c1-35(2,33(40)24-43-31-21-9-26(10-22-31)34(41)42)44-32-19-7-25(8-20-32)6-5-23-39(4)36(3,27-11-15-29(37)16-12-27)28-13-17-30(38)18-14-28/h7-22H,5-6,23-24H2,1-4H3,(H,41,42). The average molecular weight is 635 g/mol. The molecule has 4 aromatic rings. The highest BCUT2D eigenvalue weighted by Crippen LogP contribution is 2.36. The molecule has 8 heteroatoms. The molecule has 0 fully saturated rings. The van der Waals surface area contributed by atoms with E-state index in [2.05, 4.69) is 43.1 Å². The smallest absolute Gasteiger partial charge is 0.335 e. The fraction of sp³-hybridized carbons (Fsp3) is 0.278. The summed E-state index contributed by atoms with van der Waals surface area (Å²) in [6.07, 6.45) is 1.81. The minimum absolute atomic E-state index is 0.150. The van der Waals surface area contributed by atoms with Crippen LogP contribution < -0.4 is 9.47 Å². The summed E-state index contributed by atoms with van der Waals surface area (Å²) in [5, 5.41) is 10.4. The molecule has 0 amide bonds. The van der Waals surface area contributed by atoms with Gasteiger partial charge < -0.3 is 14.6 Å². The van der Waals surface area contributed by atoms with Crippen molar-refractivity contribution in [3.05, 3.63) is 129 Å². The van der Waals surface area contributed by atoms with Gasteiger partial charge in [-0.05, 0) is 125 Å². The summed E-state index contributed by atoms with van der Waals surface area (Å²) in [7, 11) is 2.13. The normalized spacial score (nSPS) is 11.8. The number of hydrogen-bond donors (Lipinski definition) is 1. The second-order valence-corrected chi connectivity index (χ2v) is 12.3. The number of Topliss-reactive ketones (excluding diaryl/α,β-unsaturated/α-hetero) is 1. The summed E-state index contributed by atoms with van der Waals surface area (Å²) in [5.41, 5.74) is 2.12. The van der Waals surface area contributed by atoms with Gasteiger partial charge in [0.15, 0.2) is 12.2 Å². The molecule has 6 nitrogen and oxygen atoms in total. The van der Waals surface area contributed by atoms with Gasteiger partial charge >= 0.3 is 5.97 Å². The molecule has 4 aromatic carbocycles. The first-order valence-corrected chi connectivity index (χ1v) is 15.1. The Kier molecular flexibility index (Phi) is 10.7. The third-order valence-corrected chi connectivity index (χ3v) is 8.48. The van der Waals surface area contributed by atoms with Gasteiger partial charge in [-0.1, -0.05) is 59.6 Å². The number of rotatable bonds is 14. The lowest BCUT2D eigenvalue weighted by atomic mass is 9.83. The summed E-state index contributed by atoms with van der Waals surface area (Å²) in [4.78, 5) is 26.2. The number of nitrogens with zero attached hydrogens (tertiary/aromatic N) is 1. The first-order valence-electron chi connectivity index (χ1n) is 14.4. The predicted octanol–water partition coefficient (Wildman–Crippen LogP) is 8.33. The van der Waals surface area contributed by atoms with Crippen molar-refractivity contribution in [2.24, 2.45) is 0 Å².